The van der Waals surface area contributed by atoms with Gasteiger partial charge in [0, 0.05) is 18.5 Å². The Bertz CT molecular complexity index is 810. The van der Waals surface area contributed by atoms with Crippen LogP contribution < -0.4 is 10.6 Å². The Morgan fingerprint density at radius 3 is 2.88 bits per heavy atom. The highest BCUT2D eigenvalue weighted by molar-refractivity contribution is 5.54. The predicted molar refractivity (Wildman–Crippen MR) is 95.6 cm³/mol. The summed E-state index contributed by atoms with van der Waals surface area (Å²) in [4.78, 5) is 21.0. The van der Waals surface area contributed by atoms with E-state index in [1.807, 2.05) is 0 Å². The molecule has 1 fully saturated rings. The number of nitro groups is 1. The Morgan fingerprint density at radius 1 is 1.24 bits per heavy atom. The summed E-state index contributed by atoms with van der Waals surface area (Å²) in [7, 11) is 0. The van der Waals surface area contributed by atoms with E-state index in [2.05, 4.69) is 39.1 Å². The molecule has 1 aliphatic carbocycles. The normalized spacial score (nSPS) is 22.6. The molecular formula is C18H21N5O2. The molecule has 0 unspecified atom stereocenters. The highest BCUT2D eigenvalue weighted by Crippen LogP contribution is 2.40. The number of nitrogens with two attached hydrogens (primary N) is 1. The summed E-state index contributed by atoms with van der Waals surface area (Å²) in [5.74, 6) is 0.894. The third-order valence-electron chi connectivity index (χ3n) is 5.42. The molecule has 2 aromatic rings. The van der Waals surface area contributed by atoms with E-state index in [0.717, 1.165) is 32.2 Å². The molecule has 0 saturated carbocycles. The average molecular weight is 339 g/mol. The summed E-state index contributed by atoms with van der Waals surface area (Å²) in [6.45, 7) is 0.862. The van der Waals surface area contributed by atoms with Gasteiger partial charge in [0.25, 0.3) is 0 Å². The molecule has 2 N–H and O–H groups in total. The number of anilines is 2. The van der Waals surface area contributed by atoms with Gasteiger partial charge in [-0.25, -0.2) is 4.98 Å². The lowest BCUT2D eigenvalue weighted by atomic mass is 9.78. The number of hydrogen-bond donors (Lipinski definition) is 1. The molecule has 0 amide bonds. The Kier molecular flexibility index (Phi) is 3.99. The molecule has 130 valence electrons. The van der Waals surface area contributed by atoms with E-state index < -0.39 is 4.92 Å². The van der Waals surface area contributed by atoms with Crippen molar-refractivity contribution in [2.24, 2.45) is 0 Å². The fourth-order valence-corrected chi connectivity index (χ4v) is 4.31. The molecule has 1 aliphatic heterocycles. The van der Waals surface area contributed by atoms with Crippen molar-refractivity contribution in [3.05, 3.63) is 51.7 Å². The second kappa shape index (κ2) is 6.31. The monoisotopic (exact) mass is 339 g/mol. The second-order valence-corrected chi connectivity index (χ2v) is 6.80. The molecule has 2 heterocycles. The summed E-state index contributed by atoms with van der Waals surface area (Å²) in [6, 6.07) is 8.99. The molecular weight excluding hydrogens is 318 g/mol. The summed E-state index contributed by atoms with van der Waals surface area (Å²) >= 11 is 0. The van der Waals surface area contributed by atoms with Crippen molar-refractivity contribution in [3.8, 4) is 0 Å². The van der Waals surface area contributed by atoms with Crippen LogP contribution >= 0.6 is 0 Å². The van der Waals surface area contributed by atoms with Crippen molar-refractivity contribution in [1.82, 2.24) is 9.97 Å². The lowest BCUT2D eigenvalue weighted by molar-refractivity contribution is -0.384. The van der Waals surface area contributed by atoms with E-state index in [4.69, 9.17) is 5.73 Å². The third kappa shape index (κ3) is 2.79. The number of benzene rings is 1. The van der Waals surface area contributed by atoms with Crippen LogP contribution in [0.3, 0.4) is 0 Å². The maximum atomic E-state index is 10.9. The highest BCUT2D eigenvalue weighted by Gasteiger charge is 2.36. The minimum atomic E-state index is -0.544. The zero-order valence-corrected chi connectivity index (χ0v) is 14.0. The minimum absolute atomic E-state index is 0.0651. The maximum absolute atomic E-state index is 10.9. The Balaban J connectivity index is 1.66. The number of nitrogen functional groups attached to an aromatic ring is 1. The number of aryl methyl sites for hydroxylation is 1. The van der Waals surface area contributed by atoms with Crippen molar-refractivity contribution in [2.45, 2.75) is 44.1 Å². The first-order valence-corrected chi connectivity index (χ1v) is 8.76. The fourth-order valence-electron chi connectivity index (χ4n) is 4.31. The van der Waals surface area contributed by atoms with Gasteiger partial charge in [-0.3, -0.25) is 10.1 Å². The van der Waals surface area contributed by atoms with Gasteiger partial charge >= 0.3 is 5.69 Å². The Labute approximate surface area is 146 Å². The first-order chi connectivity index (χ1) is 12.1. The zero-order chi connectivity index (χ0) is 17.4. The van der Waals surface area contributed by atoms with Crippen LogP contribution in [0.1, 0.15) is 42.7 Å². The molecule has 4 rings (SSSR count). The fraction of sp³-hybridized carbons (Fsp3) is 0.444. The van der Waals surface area contributed by atoms with Crippen LogP contribution in [-0.4, -0.2) is 27.5 Å². The van der Waals surface area contributed by atoms with Crippen LogP contribution in [0.25, 0.3) is 0 Å². The van der Waals surface area contributed by atoms with Gasteiger partial charge in [-0.15, -0.1) is 0 Å². The van der Waals surface area contributed by atoms with Crippen LogP contribution in [0.5, 0.6) is 0 Å². The van der Waals surface area contributed by atoms with Crippen LogP contribution in [-0.2, 0) is 6.42 Å². The second-order valence-electron chi connectivity index (χ2n) is 6.80. The van der Waals surface area contributed by atoms with Gasteiger partial charge in [0.05, 0.1) is 4.92 Å². The molecule has 0 radical (unpaired) electrons. The smallest absolute Gasteiger partial charge is 0.329 e. The SMILES string of the molecule is Nc1nc(N2CCC[C@@H]2[C@@H]2CCCc3ccccc32)ncc1[N+](=O)[O-]. The van der Waals surface area contributed by atoms with Gasteiger partial charge in [0.2, 0.25) is 11.8 Å². The maximum Gasteiger partial charge on any atom is 0.329 e. The van der Waals surface area contributed by atoms with E-state index in [1.165, 1.54) is 23.7 Å². The van der Waals surface area contributed by atoms with Gasteiger partial charge in [-0.2, -0.15) is 4.98 Å². The number of nitrogens with zero attached hydrogens (tertiary/aromatic N) is 4. The van der Waals surface area contributed by atoms with Crippen molar-refractivity contribution in [1.29, 1.82) is 0 Å². The van der Waals surface area contributed by atoms with E-state index in [0.29, 0.717) is 17.9 Å². The minimum Gasteiger partial charge on any atom is -0.378 e. The molecule has 1 saturated heterocycles. The Morgan fingerprint density at radius 2 is 2.08 bits per heavy atom. The van der Waals surface area contributed by atoms with Crippen LogP contribution in [0, 0.1) is 10.1 Å². The van der Waals surface area contributed by atoms with Gasteiger partial charge in [-0.05, 0) is 43.2 Å². The lowest BCUT2D eigenvalue weighted by Crippen LogP contribution is -2.37. The van der Waals surface area contributed by atoms with Gasteiger partial charge in [-0.1, -0.05) is 24.3 Å². The zero-order valence-electron chi connectivity index (χ0n) is 14.0. The molecule has 0 bridgehead atoms. The van der Waals surface area contributed by atoms with Gasteiger partial charge in [0.1, 0.15) is 6.20 Å². The highest BCUT2D eigenvalue weighted by atomic mass is 16.6. The van der Waals surface area contributed by atoms with Crippen LogP contribution in [0.2, 0.25) is 0 Å². The molecule has 7 nitrogen and oxygen atoms in total. The van der Waals surface area contributed by atoms with Gasteiger partial charge in [0.15, 0.2) is 0 Å². The van der Waals surface area contributed by atoms with Crippen molar-refractivity contribution < 1.29 is 4.92 Å². The molecule has 0 spiro atoms. The average Bonchev–Trinajstić information content (AvgIpc) is 3.10. The first kappa shape index (κ1) is 15.8. The topological polar surface area (TPSA) is 98.2 Å². The summed E-state index contributed by atoms with van der Waals surface area (Å²) in [5, 5.41) is 10.9. The van der Waals surface area contributed by atoms with Crippen LogP contribution in [0.4, 0.5) is 17.5 Å². The quantitative estimate of drug-likeness (QED) is 0.681. The summed E-state index contributed by atoms with van der Waals surface area (Å²) < 4.78 is 0. The number of aromatic nitrogens is 2. The van der Waals surface area contributed by atoms with Crippen molar-refractivity contribution >= 4 is 17.5 Å². The van der Waals surface area contributed by atoms with E-state index >= 15 is 0 Å². The number of hydrogen-bond acceptors (Lipinski definition) is 6. The molecule has 2 atom stereocenters. The van der Waals surface area contributed by atoms with Gasteiger partial charge < -0.3 is 10.6 Å². The number of rotatable bonds is 3. The Hall–Kier alpha value is -2.70. The van der Waals surface area contributed by atoms with Crippen LogP contribution in [0.15, 0.2) is 30.5 Å². The molecule has 2 aliphatic rings. The van der Waals surface area contributed by atoms with E-state index in [9.17, 15) is 10.1 Å². The molecule has 7 heteroatoms. The van der Waals surface area contributed by atoms with E-state index in [1.54, 1.807) is 0 Å². The van der Waals surface area contributed by atoms with E-state index in [-0.39, 0.29) is 11.5 Å². The predicted octanol–water partition coefficient (Wildman–Crippen LogP) is 3.06. The first-order valence-electron chi connectivity index (χ1n) is 8.76. The summed E-state index contributed by atoms with van der Waals surface area (Å²) in [6.07, 6.45) is 6.86. The molecule has 1 aromatic carbocycles. The number of fused-ring (bicyclic) bond motifs is 1. The molecule has 25 heavy (non-hydrogen) atoms. The third-order valence-corrected chi connectivity index (χ3v) is 5.42. The largest absolute Gasteiger partial charge is 0.378 e. The standard InChI is InChI=1S/C18H21N5O2/c19-17-16(23(24)25)11-20-18(21-17)22-10-4-9-15(22)14-8-3-6-12-5-1-2-7-13(12)14/h1-2,5,7,11,14-15H,3-4,6,8-10H2,(H2,19,20,21)/t14-,15-/m1/s1. The van der Waals surface area contributed by atoms with Crippen molar-refractivity contribution in [3.63, 3.8) is 0 Å². The lowest BCUT2D eigenvalue weighted by Gasteiger charge is -2.35. The summed E-state index contributed by atoms with van der Waals surface area (Å²) in [5.41, 5.74) is 8.41. The molecule has 1 aromatic heterocycles. The van der Waals surface area contributed by atoms with Crippen molar-refractivity contribution in [2.75, 3.05) is 17.2 Å².